The highest BCUT2D eigenvalue weighted by Crippen LogP contribution is 2.26. The SMILES string of the molecule is CC[C@H](C)[C@@H]1NC(=O)[C@@H]2C[C@H](NCc3ccc(C)cc3)CN2C1=O. The van der Waals surface area contributed by atoms with Gasteiger partial charge in [0.2, 0.25) is 11.8 Å². The molecule has 3 rings (SSSR count). The van der Waals surface area contributed by atoms with E-state index in [-0.39, 0.29) is 35.9 Å². The molecule has 0 aliphatic carbocycles. The number of amides is 2. The number of aryl methyl sites for hydroxylation is 1. The largest absolute Gasteiger partial charge is 0.342 e. The Hall–Kier alpha value is -1.88. The Bertz CT molecular complexity index is 614. The van der Waals surface area contributed by atoms with Gasteiger partial charge in [-0.1, -0.05) is 50.1 Å². The van der Waals surface area contributed by atoms with E-state index < -0.39 is 0 Å². The first kappa shape index (κ1) is 17.0. The van der Waals surface area contributed by atoms with Crippen LogP contribution in [0.3, 0.4) is 0 Å². The minimum Gasteiger partial charge on any atom is -0.342 e. The van der Waals surface area contributed by atoms with E-state index in [0.717, 1.165) is 13.0 Å². The van der Waals surface area contributed by atoms with E-state index >= 15 is 0 Å². The van der Waals surface area contributed by atoms with Gasteiger partial charge < -0.3 is 15.5 Å². The van der Waals surface area contributed by atoms with Crippen LogP contribution in [0.4, 0.5) is 0 Å². The molecule has 2 fully saturated rings. The highest BCUT2D eigenvalue weighted by atomic mass is 16.2. The Morgan fingerprint density at radius 3 is 2.67 bits per heavy atom. The summed E-state index contributed by atoms with van der Waals surface area (Å²) in [7, 11) is 0. The van der Waals surface area contributed by atoms with Crippen LogP contribution in [0.1, 0.15) is 37.8 Å². The van der Waals surface area contributed by atoms with Crippen LogP contribution in [0, 0.1) is 12.8 Å². The Balaban J connectivity index is 1.61. The van der Waals surface area contributed by atoms with Crippen LogP contribution in [-0.2, 0) is 16.1 Å². The van der Waals surface area contributed by atoms with Crippen LogP contribution < -0.4 is 10.6 Å². The maximum atomic E-state index is 12.7. The molecule has 0 bridgehead atoms. The Kier molecular flexibility index (Phi) is 4.90. The second-order valence-corrected chi connectivity index (χ2v) is 7.18. The second kappa shape index (κ2) is 6.93. The standard InChI is InChI=1S/C19H27N3O2/c1-4-13(3)17-19(24)22-11-15(9-16(22)18(23)21-17)20-10-14-7-5-12(2)6-8-14/h5-8,13,15-17,20H,4,9-11H2,1-3H3,(H,21,23)/t13-,15-,16-,17-/m0/s1. The van der Waals surface area contributed by atoms with Gasteiger partial charge in [-0.15, -0.1) is 0 Å². The van der Waals surface area contributed by atoms with Crippen LogP contribution >= 0.6 is 0 Å². The van der Waals surface area contributed by atoms with E-state index in [9.17, 15) is 9.59 Å². The van der Waals surface area contributed by atoms with Gasteiger partial charge >= 0.3 is 0 Å². The van der Waals surface area contributed by atoms with E-state index in [1.165, 1.54) is 11.1 Å². The maximum Gasteiger partial charge on any atom is 0.246 e. The number of nitrogens with zero attached hydrogens (tertiary/aromatic N) is 1. The molecule has 24 heavy (non-hydrogen) atoms. The normalized spacial score (nSPS) is 27.8. The Morgan fingerprint density at radius 1 is 1.29 bits per heavy atom. The third-order valence-corrected chi connectivity index (χ3v) is 5.38. The lowest BCUT2D eigenvalue weighted by molar-refractivity contribution is -0.148. The van der Waals surface area contributed by atoms with Crippen LogP contribution in [0.5, 0.6) is 0 Å². The quantitative estimate of drug-likeness (QED) is 0.862. The molecule has 2 N–H and O–H groups in total. The molecule has 0 radical (unpaired) electrons. The molecular formula is C19H27N3O2. The summed E-state index contributed by atoms with van der Waals surface area (Å²) in [5, 5.41) is 6.43. The number of benzene rings is 1. The highest BCUT2D eigenvalue weighted by Gasteiger charge is 2.47. The molecule has 2 aliphatic rings. The zero-order valence-corrected chi connectivity index (χ0v) is 14.7. The van der Waals surface area contributed by atoms with Crippen molar-refractivity contribution in [3.63, 3.8) is 0 Å². The van der Waals surface area contributed by atoms with E-state index in [1.54, 1.807) is 4.90 Å². The molecule has 2 aliphatic heterocycles. The van der Waals surface area contributed by atoms with E-state index in [2.05, 4.69) is 41.8 Å². The summed E-state index contributed by atoms with van der Waals surface area (Å²) in [5.74, 6) is 0.245. The summed E-state index contributed by atoms with van der Waals surface area (Å²) < 4.78 is 0. The molecular weight excluding hydrogens is 302 g/mol. The predicted octanol–water partition coefficient (Wildman–Crippen LogP) is 1.60. The maximum absolute atomic E-state index is 12.7. The third-order valence-electron chi connectivity index (χ3n) is 5.38. The van der Waals surface area contributed by atoms with Crippen LogP contribution in [-0.4, -0.2) is 41.4 Å². The molecule has 5 heteroatoms. The van der Waals surface area contributed by atoms with Crippen molar-refractivity contribution in [3.05, 3.63) is 35.4 Å². The lowest BCUT2D eigenvalue weighted by atomic mass is 9.95. The van der Waals surface area contributed by atoms with Crippen molar-refractivity contribution in [3.8, 4) is 0 Å². The molecule has 2 amide bonds. The Morgan fingerprint density at radius 2 is 2.00 bits per heavy atom. The van der Waals surface area contributed by atoms with Crippen molar-refractivity contribution in [2.24, 2.45) is 5.92 Å². The van der Waals surface area contributed by atoms with Crippen molar-refractivity contribution in [1.29, 1.82) is 0 Å². The predicted molar refractivity (Wildman–Crippen MR) is 93.3 cm³/mol. The fraction of sp³-hybridized carbons (Fsp3) is 0.579. The molecule has 1 aromatic carbocycles. The van der Waals surface area contributed by atoms with Crippen molar-refractivity contribution in [2.45, 2.75) is 58.3 Å². The third kappa shape index (κ3) is 3.31. The van der Waals surface area contributed by atoms with E-state index in [1.807, 2.05) is 13.8 Å². The summed E-state index contributed by atoms with van der Waals surface area (Å²) in [6.45, 7) is 7.52. The molecule has 0 spiro atoms. The molecule has 5 nitrogen and oxygen atoms in total. The summed E-state index contributed by atoms with van der Waals surface area (Å²) in [6, 6.07) is 7.92. The van der Waals surface area contributed by atoms with Gasteiger partial charge in [-0.25, -0.2) is 0 Å². The first-order valence-corrected chi connectivity index (χ1v) is 8.89. The summed E-state index contributed by atoms with van der Waals surface area (Å²) in [6.07, 6.45) is 1.57. The number of rotatable bonds is 5. The molecule has 4 atom stereocenters. The number of carbonyl (C=O) groups excluding carboxylic acids is 2. The van der Waals surface area contributed by atoms with E-state index in [0.29, 0.717) is 13.0 Å². The zero-order valence-electron chi connectivity index (χ0n) is 14.7. The molecule has 0 unspecified atom stereocenters. The topological polar surface area (TPSA) is 61.4 Å². The summed E-state index contributed by atoms with van der Waals surface area (Å²) in [5.41, 5.74) is 2.47. The Labute approximate surface area is 143 Å². The molecule has 1 aromatic rings. The van der Waals surface area contributed by atoms with Gasteiger partial charge in [0.15, 0.2) is 0 Å². The first-order chi connectivity index (χ1) is 11.5. The van der Waals surface area contributed by atoms with Gasteiger partial charge in [0, 0.05) is 19.1 Å². The van der Waals surface area contributed by atoms with Crippen LogP contribution in [0.15, 0.2) is 24.3 Å². The fourth-order valence-electron chi connectivity index (χ4n) is 3.56. The highest BCUT2D eigenvalue weighted by molar-refractivity contribution is 5.97. The average molecular weight is 329 g/mol. The number of hydrogen-bond acceptors (Lipinski definition) is 3. The van der Waals surface area contributed by atoms with Crippen LogP contribution in [0.25, 0.3) is 0 Å². The van der Waals surface area contributed by atoms with Crippen molar-refractivity contribution in [1.82, 2.24) is 15.5 Å². The van der Waals surface area contributed by atoms with Crippen molar-refractivity contribution >= 4 is 11.8 Å². The van der Waals surface area contributed by atoms with Crippen molar-refractivity contribution in [2.75, 3.05) is 6.54 Å². The van der Waals surface area contributed by atoms with Crippen LogP contribution in [0.2, 0.25) is 0 Å². The first-order valence-electron chi connectivity index (χ1n) is 8.89. The van der Waals surface area contributed by atoms with Crippen molar-refractivity contribution < 1.29 is 9.59 Å². The molecule has 2 heterocycles. The van der Waals surface area contributed by atoms with Gasteiger partial charge in [0.25, 0.3) is 0 Å². The number of carbonyl (C=O) groups is 2. The minimum absolute atomic E-state index is 0.000430. The monoisotopic (exact) mass is 329 g/mol. The number of fused-ring (bicyclic) bond motifs is 1. The second-order valence-electron chi connectivity index (χ2n) is 7.18. The molecule has 0 saturated carbocycles. The number of nitrogens with one attached hydrogen (secondary N) is 2. The number of hydrogen-bond donors (Lipinski definition) is 2. The van der Waals surface area contributed by atoms with Gasteiger partial charge in [-0.2, -0.15) is 0 Å². The molecule has 2 saturated heterocycles. The zero-order chi connectivity index (χ0) is 17.3. The van der Waals surface area contributed by atoms with Gasteiger partial charge in [-0.05, 0) is 24.8 Å². The molecule has 130 valence electrons. The fourth-order valence-corrected chi connectivity index (χ4v) is 3.56. The minimum atomic E-state index is -0.366. The smallest absolute Gasteiger partial charge is 0.246 e. The average Bonchev–Trinajstić information content (AvgIpc) is 3.02. The number of piperazine rings is 1. The molecule has 0 aromatic heterocycles. The van der Waals surface area contributed by atoms with Gasteiger partial charge in [0.1, 0.15) is 12.1 Å². The van der Waals surface area contributed by atoms with Gasteiger partial charge in [-0.3, -0.25) is 9.59 Å². The van der Waals surface area contributed by atoms with Gasteiger partial charge in [0.05, 0.1) is 0 Å². The lowest BCUT2D eigenvalue weighted by Crippen LogP contribution is -2.62. The van der Waals surface area contributed by atoms with E-state index in [4.69, 9.17) is 0 Å². The lowest BCUT2D eigenvalue weighted by Gasteiger charge is -2.36. The summed E-state index contributed by atoms with van der Waals surface area (Å²) >= 11 is 0. The summed E-state index contributed by atoms with van der Waals surface area (Å²) in [4.78, 5) is 26.9.